The molecule has 1 fully saturated rings. The van der Waals surface area contributed by atoms with Crippen LogP contribution in [0, 0.1) is 0 Å². The Balaban J connectivity index is 0.00000121. The first-order valence-corrected chi connectivity index (χ1v) is 4.33. The summed E-state index contributed by atoms with van der Waals surface area (Å²) < 4.78 is 0. The van der Waals surface area contributed by atoms with Crippen LogP contribution in [0.5, 0.6) is 0 Å². The highest BCUT2D eigenvalue weighted by atomic mass is 35.5. The molecule has 2 N–H and O–H groups in total. The van der Waals surface area contributed by atoms with Gasteiger partial charge in [-0.15, -0.1) is 12.4 Å². The standard InChI is InChI=1S/C8H16N2O.ClH/c1-2-8(11)10-7-4-3-5-9-6-7;/h7,9H,2-6H2,1H3,(H,10,11);1H. The highest BCUT2D eigenvalue weighted by molar-refractivity contribution is 5.85. The fraction of sp³-hybridized carbons (Fsp3) is 0.875. The third-order valence-corrected chi connectivity index (χ3v) is 1.98. The van der Waals surface area contributed by atoms with E-state index in [1.807, 2.05) is 6.92 Å². The molecule has 0 aromatic rings. The Labute approximate surface area is 79.7 Å². The second-order valence-corrected chi connectivity index (χ2v) is 2.96. The van der Waals surface area contributed by atoms with Crippen molar-refractivity contribution < 1.29 is 4.79 Å². The first kappa shape index (κ1) is 11.7. The second kappa shape index (κ2) is 6.26. The van der Waals surface area contributed by atoms with E-state index in [1.165, 1.54) is 6.42 Å². The predicted molar refractivity (Wildman–Crippen MR) is 51.6 cm³/mol. The summed E-state index contributed by atoms with van der Waals surface area (Å²) in [7, 11) is 0. The molecule has 1 saturated heterocycles. The van der Waals surface area contributed by atoms with Gasteiger partial charge in [0.25, 0.3) is 0 Å². The van der Waals surface area contributed by atoms with Crippen molar-refractivity contribution in [1.29, 1.82) is 0 Å². The van der Waals surface area contributed by atoms with Crippen molar-refractivity contribution in [2.24, 2.45) is 0 Å². The van der Waals surface area contributed by atoms with Gasteiger partial charge in [-0.2, -0.15) is 0 Å². The lowest BCUT2D eigenvalue weighted by molar-refractivity contribution is -0.121. The molecule has 1 rings (SSSR count). The topological polar surface area (TPSA) is 41.1 Å². The van der Waals surface area contributed by atoms with Gasteiger partial charge in [0.15, 0.2) is 0 Å². The van der Waals surface area contributed by atoms with Crippen LogP contribution in [0.25, 0.3) is 0 Å². The Morgan fingerprint density at radius 2 is 2.42 bits per heavy atom. The van der Waals surface area contributed by atoms with E-state index in [4.69, 9.17) is 0 Å². The number of hydrogen-bond acceptors (Lipinski definition) is 2. The molecule has 12 heavy (non-hydrogen) atoms. The van der Waals surface area contributed by atoms with E-state index >= 15 is 0 Å². The summed E-state index contributed by atoms with van der Waals surface area (Å²) in [6.45, 7) is 3.91. The molecule has 1 unspecified atom stereocenters. The lowest BCUT2D eigenvalue weighted by Gasteiger charge is -2.23. The van der Waals surface area contributed by atoms with Gasteiger partial charge in [-0.1, -0.05) is 6.92 Å². The maximum Gasteiger partial charge on any atom is 0.219 e. The van der Waals surface area contributed by atoms with E-state index in [9.17, 15) is 4.79 Å². The Hall–Kier alpha value is -0.280. The summed E-state index contributed by atoms with van der Waals surface area (Å²) >= 11 is 0. The number of piperidine rings is 1. The smallest absolute Gasteiger partial charge is 0.219 e. The van der Waals surface area contributed by atoms with Gasteiger partial charge in [-0.3, -0.25) is 4.79 Å². The van der Waals surface area contributed by atoms with Gasteiger partial charge in [0.05, 0.1) is 0 Å². The van der Waals surface area contributed by atoms with Gasteiger partial charge in [-0.05, 0) is 19.4 Å². The zero-order valence-electron chi connectivity index (χ0n) is 7.43. The average molecular weight is 193 g/mol. The number of carbonyl (C=O) groups excluding carboxylic acids is 1. The van der Waals surface area contributed by atoms with E-state index in [1.54, 1.807) is 0 Å². The van der Waals surface area contributed by atoms with Crippen LogP contribution < -0.4 is 10.6 Å². The first-order chi connectivity index (χ1) is 5.33. The van der Waals surface area contributed by atoms with Crippen molar-refractivity contribution in [1.82, 2.24) is 10.6 Å². The van der Waals surface area contributed by atoms with Crippen LogP contribution >= 0.6 is 12.4 Å². The van der Waals surface area contributed by atoms with Crippen LogP contribution in [-0.4, -0.2) is 25.0 Å². The molecule has 72 valence electrons. The molecule has 0 aliphatic carbocycles. The number of amides is 1. The van der Waals surface area contributed by atoms with E-state index in [0.29, 0.717) is 12.5 Å². The van der Waals surface area contributed by atoms with Crippen LogP contribution in [-0.2, 0) is 4.79 Å². The van der Waals surface area contributed by atoms with Crippen molar-refractivity contribution in [3.8, 4) is 0 Å². The van der Waals surface area contributed by atoms with Crippen molar-refractivity contribution in [3.05, 3.63) is 0 Å². The summed E-state index contributed by atoms with van der Waals surface area (Å²) in [6.07, 6.45) is 2.89. The molecule has 0 aromatic heterocycles. The lowest BCUT2D eigenvalue weighted by atomic mass is 10.1. The van der Waals surface area contributed by atoms with E-state index in [0.717, 1.165) is 19.5 Å². The minimum Gasteiger partial charge on any atom is -0.352 e. The molecule has 0 bridgehead atoms. The third kappa shape index (κ3) is 3.93. The highest BCUT2D eigenvalue weighted by Gasteiger charge is 2.13. The fourth-order valence-electron chi connectivity index (χ4n) is 1.30. The summed E-state index contributed by atoms with van der Waals surface area (Å²) in [5.41, 5.74) is 0. The number of carbonyl (C=O) groups is 1. The Bertz CT molecular complexity index is 135. The fourth-order valence-corrected chi connectivity index (χ4v) is 1.30. The summed E-state index contributed by atoms with van der Waals surface area (Å²) in [6, 6.07) is 0.371. The number of rotatable bonds is 2. The Morgan fingerprint density at radius 1 is 1.67 bits per heavy atom. The van der Waals surface area contributed by atoms with Crippen LogP contribution in [0.2, 0.25) is 0 Å². The molecule has 1 atom stereocenters. The van der Waals surface area contributed by atoms with Gasteiger partial charge >= 0.3 is 0 Å². The molecular formula is C8H17ClN2O. The summed E-state index contributed by atoms with van der Waals surface area (Å²) in [5, 5.41) is 6.22. The van der Waals surface area contributed by atoms with Crippen LogP contribution in [0.3, 0.4) is 0 Å². The molecule has 1 aliphatic rings. The molecular weight excluding hydrogens is 176 g/mol. The average Bonchev–Trinajstić information content (AvgIpc) is 2.06. The van der Waals surface area contributed by atoms with Gasteiger partial charge in [0.2, 0.25) is 5.91 Å². The van der Waals surface area contributed by atoms with E-state index in [2.05, 4.69) is 10.6 Å². The van der Waals surface area contributed by atoms with E-state index < -0.39 is 0 Å². The Kier molecular flexibility index (Phi) is 6.11. The monoisotopic (exact) mass is 192 g/mol. The van der Waals surface area contributed by atoms with Crippen LogP contribution in [0.1, 0.15) is 26.2 Å². The number of hydrogen-bond donors (Lipinski definition) is 2. The summed E-state index contributed by atoms with van der Waals surface area (Å²) in [4.78, 5) is 10.9. The molecule has 4 heteroatoms. The minimum absolute atomic E-state index is 0. The van der Waals surface area contributed by atoms with Crippen molar-refractivity contribution >= 4 is 18.3 Å². The third-order valence-electron chi connectivity index (χ3n) is 1.98. The second-order valence-electron chi connectivity index (χ2n) is 2.96. The zero-order valence-corrected chi connectivity index (χ0v) is 8.25. The molecule has 0 aromatic carbocycles. The molecule has 3 nitrogen and oxygen atoms in total. The first-order valence-electron chi connectivity index (χ1n) is 4.33. The SMILES string of the molecule is CCC(=O)NC1CCCNC1.Cl. The maximum absolute atomic E-state index is 10.9. The minimum atomic E-state index is 0. The predicted octanol–water partition coefficient (Wildman–Crippen LogP) is 0.686. The van der Waals surface area contributed by atoms with Gasteiger partial charge in [0, 0.05) is 19.0 Å². The largest absolute Gasteiger partial charge is 0.352 e. The molecule has 0 spiro atoms. The highest BCUT2D eigenvalue weighted by Crippen LogP contribution is 2.00. The van der Waals surface area contributed by atoms with Crippen molar-refractivity contribution in [2.75, 3.05) is 13.1 Å². The lowest BCUT2D eigenvalue weighted by Crippen LogP contribution is -2.45. The Morgan fingerprint density at radius 3 is 2.92 bits per heavy atom. The van der Waals surface area contributed by atoms with Crippen LogP contribution in [0.15, 0.2) is 0 Å². The molecule has 0 saturated carbocycles. The molecule has 1 amide bonds. The van der Waals surface area contributed by atoms with E-state index in [-0.39, 0.29) is 18.3 Å². The van der Waals surface area contributed by atoms with Crippen molar-refractivity contribution in [3.63, 3.8) is 0 Å². The summed E-state index contributed by atoms with van der Waals surface area (Å²) in [5.74, 6) is 0.165. The number of halogens is 1. The van der Waals surface area contributed by atoms with Gasteiger partial charge in [0.1, 0.15) is 0 Å². The molecule has 1 aliphatic heterocycles. The maximum atomic E-state index is 10.9. The van der Waals surface area contributed by atoms with Gasteiger partial charge < -0.3 is 10.6 Å². The zero-order chi connectivity index (χ0) is 8.10. The quantitative estimate of drug-likeness (QED) is 0.676. The normalized spacial score (nSPS) is 22.6. The molecule has 0 radical (unpaired) electrons. The van der Waals surface area contributed by atoms with Gasteiger partial charge in [-0.25, -0.2) is 0 Å². The molecule has 1 heterocycles. The van der Waals surface area contributed by atoms with Crippen molar-refractivity contribution in [2.45, 2.75) is 32.2 Å². The number of nitrogens with one attached hydrogen (secondary N) is 2. The van der Waals surface area contributed by atoms with Crippen LogP contribution in [0.4, 0.5) is 0 Å².